The van der Waals surface area contributed by atoms with Gasteiger partial charge in [-0.15, -0.1) is 0 Å². The zero-order valence-corrected chi connectivity index (χ0v) is 19.8. The van der Waals surface area contributed by atoms with Gasteiger partial charge in [0.05, 0.1) is 6.04 Å². The molecule has 29 heavy (non-hydrogen) atoms. The van der Waals surface area contributed by atoms with E-state index in [1.807, 2.05) is 13.8 Å². The highest BCUT2D eigenvalue weighted by Gasteiger charge is 2.16. The van der Waals surface area contributed by atoms with Gasteiger partial charge in [-0.2, -0.15) is 0 Å². The fourth-order valence-electron chi connectivity index (χ4n) is 3.61. The summed E-state index contributed by atoms with van der Waals surface area (Å²) in [6, 6.07) is 0.134. The Kier molecular flexibility index (Phi) is 19.4. The lowest BCUT2D eigenvalue weighted by atomic mass is 10.1. The summed E-state index contributed by atoms with van der Waals surface area (Å²) >= 11 is 0. The molecule has 0 aliphatic carbocycles. The van der Waals surface area contributed by atoms with E-state index in [0.29, 0.717) is 13.0 Å². The summed E-state index contributed by atoms with van der Waals surface area (Å²) in [5.41, 5.74) is 0. The Balaban J connectivity index is 3.50. The van der Waals surface area contributed by atoms with Crippen molar-refractivity contribution in [3.63, 3.8) is 0 Å². The summed E-state index contributed by atoms with van der Waals surface area (Å²) in [7, 11) is 1.67. The normalized spacial score (nSPS) is 12.2. The topological polar surface area (TPSA) is 70.2 Å². The third-order valence-corrected chi connectivity index (χ3v) is 5.35. The molecule has 0 spiro atoms. The smallest absolute Gasteiger partial charge is 0.236 e. The van der Waals surface area contributed by atoms with E-state index in [-0.39, 0.29) is 23.9 Å². The van der Waals surface area contributed by atoms with Crippen LogP contribution >= 0.6 is 0 Å². The molecule has 0 aromatic carbocycles. The van der Waals surface area contributed by atoms with Crippen molar-refractivity contribution in [3.8, 4) is 0 Å². The van der Waals surface area contributed by atoms with E-state index < -0.39 is 0 Å². The summed E-state index contributed by atoms with van der Waals surface area (Å²) in [4.78, 5) is 23.8. The molecule has 0 saturated carbocycles. The van der Waals surface area contributed by atoms with Gasteiger partial charge in [0, 0.05) is 26.1 Å². The molecule has 0 aromatic heterocycles. The van der Waals surface area contributed by atoms with Crippen molar-refractivity contribution >= 4 is 11.8 Å². The van der Waals surface area contributed by atoms with Crippen LogP contribution in [0.3, 0.4) is 0 Å². The molecule has 0 bridgehead atoms. The van der Waals surface area contributed by atoms with E-state index in [2.05, 4.69) is 22.9 Å². The van der Waals surface area contributed by atoms with Crippen LogP contribution in [0.5, 0.6) is 0 Å². The number of amides is 2. The van der Waals surface area contributed by atoms with Gasteiger partial charge in [0.15, 0.2) is 0 Å². The SMILES string of the molecule is CCCCCCCCCCCCCC(=O)NCCCC[C@H](NC(C)C)C(=O)NC. The van der Waals surface area contributed by atoms with Crippen LogP contribution in [-0.4, -0.2) is 37.5 Å². The van der Waals surface area contributed by atoms with Crippen molar-refractivity contribution in [3.05, 3.63) is 0 Å². The van der Waals surface area contributed by atoms with Crippen LogP contribution in [-0.2, 0) is 9.59 Å². The fraction of sp³-hybridized carbons (Fsp3) is 0.917. The Morgan fingerprint density at radius 1 is 0.759 bits per heavy atom. The van der Waals surface area contributed by atoms with Crippen molar-refractivity contribution in [2.75, 3.05) is 13.6 Å². The van der Waals surface area contributed by atoms with Gasteiger partial charge in [0.25, 0.3) is 0 Å². The fourth-order valence-corrected chi connectivity index (χ4v) is 3.61. The van der Waals surface area contributed by atoms with Gasteiger partial charge in [-0.1, -0.05) is 85.0 Å². The molecule has 0 unspecified atom stereocenters. The van der Waals surface area contributed by atoms with Crippen LogP contribution < -0.4 is 16.0 Å². The van der Waals surface area contributed by atoms with Gasteiger partial charge in [-0.3, -0.25) is 9.59 Å². The summed E-state index contributed by atoms with van der Waals surface area (Å²) in [5, 5.41) is 9.02. The van der Waals surface area contributed by atoms with E-state index in [1.54, 1.807) is 7.05 Å². The number of carbonyl (C=O) groups is 2. The maximum absolute atomic E-state index is 11.9. The number of nitrogens with one attached hydrogen (secondary N) is 3. The predicted molar refractivity (Wildman–Crippen MR) is 124 cm³/mol. The first-order valence-corrected chi connectivity index (χ1v) is 12.3. The third kappa shape index (κ3) is 18.7. The summed E-state index contributed by atoms with van der Waals surface area (Å²) in [5.74, 6) is 0.211. The van der Waals surface area contributed by atoms with Crippen molar-refractivity contribution < 1.29 is 9.59 Å². The monoisotopic (exact) mass is 411 g/mol. The Morgan fingerprint density at radius 2 is 1.31 bits per heavy atom. The third-order valence-electron chi connectivity index (χ3n) is 5.35. The average molecular weight is 412 g/mol. The summed E-state index contributed by atoms with van der Waals surface area (Å²) in [6.07, 6.45) is 17.6. The average Bonchev–Trinajstić information content (AvgIpc) is 2.70. The van der Waals surface area contributed by atoms with E-state index >= 15 is 0 Å². The molecule has 0 fully saturated rings. The highest BCUT2D eigenvalue weighted by molar-refractivity contribution is 5.81. The molecule has 0 radical (unpaired) electrons. The second kappa shape index (κ2) is 20.2. The molecule has 2 amide bonds. The molecule has 0 saturated heterocycles. The van der Waals surface area contributed by atoms with Crippen LogP contribution in [0.15, 0.2) is 0 Å². The Hall–Kier alpha value is -1.10. The quantitative estimate of drug-likeness (QED) is 0.244. The first-order valence-electron chi connectivity index (χ1n) is 12.3. The first-order chi connectivity index (χ1) is 14.0. The van der Waals surface area contributed by atoms with Gasteiger partial charge < -0.3 is 16.0 Å². The van der Waals surface area contributed by atoms with Crippen LogP contribution in [0.4, 0.5) is 0 Å². The highest BCUT2D eigenvalue weighted by Crippen LogP contribution is 2.12. The van der Waals surface area contributed by atoms with E-state index in [4.69, 9.17) is 0 Å². The molecule has 1 atom stereocenters. The molecular weight excluding hydrogens is 362 g/mol. The van der Waals surface area contributed by atoms with Gasteiger partial charge in [0.1, 0.15) is 0 Å². The largest absolute Gasteiger partial charge is 0.358 e. The van der Waals surface area contributed by atoms with Crippen LogP contribution in [0.1, 0.15) is 117 Å². The molecule has 0 aromatic rings. The minimum atomic E-state index is -0.146. The lowest BCUT2D eigenvalue weighted by molar-refractivity contribution is -0.123. The molecular formula is C24H49N3O2. The number of carbonyl (C=O) groups excluding carboxylic acids is 2. The van der Waals surface area contributed by atoms with E-state index in [0.717, 1.165) is 32.1 Å². The predicted octanol–water partition coefficient (Wildman–Crippen LogP) is 5.09. The standard InChI is InChI=1S/C24H49N3O2/c1-5-6-7-8-9-10-11-12-13-14-15-19-23(28)26-20-17-16-18-22(24(29)25-4)27-21(2)3/h21-22,27H,5-20H2,1-4H3,(H,25,29)(H,26,28)/t22-/m0/s1. The van der Waals surface area contributed by atoms with Crippen molar-refractivity contribution in [1.82, 2.24) is 16.0 Å². The zero-order valence-electron chi connectivity index (χ0n) is 19.8. The highest BCUT2D eigenvalue weighted by atomic mass is 16.2. The van der Waals surface area contributed by atoms with Crippen molar-refractivity contribution in [2.45, 2.75) is 129 Å². The zero-order chi connectivity index (χ0) is 21.7. The Morgan fingerprint density at radius 3 is 1.83 bits per heavy atom. The van der Waals surface area contributed by atoms with Gasteiger partial charge >= 0.3 is 0 Å². The lowest BCUT2D eigenvalue weighted by Gasteiger charge is -2.19. The van der Waals surface area contributed by atoms with E-state index in [9.17, 15) is 9.59 Å². The van der Waals surface area contributed by atoms with Crippen molar-refractivity contribution in [2.24, 2.45) is 0 Å². The van der Waals surface area contributed by atoms with Gasteiger partial charge in [-0.25, -0.2) is 0 Å². The second-order valence-electron chi connectivity index (χ2n) is 8.62. The van der Waals surface area contributed by atoms with Crippen LogP contribution in [0.2, 0.25) is 0 Å². The molecule has 0 rings (SSSR count). The molecule has 172 valence electrons. The second-order valence-corrected chi connectivity index (χ2v) is 8.62. The molecule has 5 heteroatoms. The molecule has 5 nitrogen and oxygen atoms in total. The maximum atomic E-state index is 11.9. The Labute approximate surface area is 180 Å². The van der Waals surface area contributed by atoms with Gasteiger partial charge in [-0.05, 0) is 25.7 Å². The van der Waals surface area contributed by atoms with Crippen molar-refractivity contribution in [1.29, 1.82) is 0 Å². The molecule has 0 aliphatic heterocycles. The van der Waals surface area contributed by atoms with Crippen LogP contribution in [0.25, 0.3) is 0 Å². The van der Waals surface area contributed by atoms with E-state index in [1.165, 1.54) is 57.8 Å². The lowest BCUT2D eigenvalue weighted by Crippen LogP contribution is -2.45. The Bertz CT molecular complexity index is 400. The summed E-state index contributed by atoms with van der Waals surface area (Å²) in [6.45, 7) is 7.06. The first kappa shape index (κ1) is 27.9. The molecule has 3 N–H and O–H groups in total. The molecule has 0 heterocycles. The number of unbranched alkanes of at least 4 members (excludes halogenated alkanes) is 11. The number of hydrogen-bond acceptors (Lipinski definition) is 3. The van der Waals surface area contributed by atoms with Crippen LogP contribution in [0, 0.1) is 0 Å². The number of rotatable bonds is 20. The number of likely N-dealkylation sites (N-methyl/N-ethyl adjacent to an activating group) is 1. The van der Waals surface area contributed by atoms with Gasteiger partial charge in [0.2, 0.25) is 11.8 Å². The minimum Gasteiger partial charge on any atom is -0.358 e. The minimum absolute atomic E-state index is 0.0410. The number of hydrogen-bond donors (Lipinski definition) is 3. The molecule has 0 aliphatic rings. The maximum Gasteiger partial charge on any atom is 0.236 e. The summed E-state index contributed by atoms with van der Waals surface area (Å²) < 4.78 is 0.